The van der Waals surface area contributed by atoms with E-state index in [1.807, 2.05) is 20.8 Å². The standard InChI is InChI=1S/C11H20N6O2/c1-5-13-9-15-10(14-7(4)8(12)18)17-11(16-9)19-6(2)3/h6-7H,5H2,1-4H3,(H2,12,18)(H2,13,14,15,16,17). The van der Waals surface area contributed by atoms with Gasteiger partial charge in [0, 0.05) is 6.54 Å². The summed E-state index contributed by atoms with van der Waals surface area (Å²) in [7, 11) is 0. The molecule has 1 aromatic rings. The lowest BCUT2D eigenvalue weighted by atomic mass is 10.3. The maximum Gasteiger partial charge on any atom is 0.323 e. The minimum atomic E-state index is -0.580. The highest BCUT2D eigenvalue weighted by molar-refractivity contribution is 5.81. The second-order valence-electron chi connectivity index (χ2n) is 4.23. The van der Waals surface area contributed by atoms with Gasteiger partial charge < -0.3 is 21.1 Å². The first-order chi connectivity index (χ1) is 8.92. The fraction of sp³-hybridized carbons (Fsp3) is 0.636. The Morgan fingerprint density at radius 3 is 2.42 bits per heavy atom. The molecule has 1 aromatic heterocycles. The summed E-state index contributed by atoms with van der Waals surface area (Å²) in [6, 6.07) is -0.385. The molecule has 0 aliphatic heterocycles. The molecule has 0 aliphatic rings. The van der Waals surface area contributed by atoms with Crippen LogP contribution in [0.2, 0.25) is 0 Å². The summed E-state index contributed by atoms with van der Waals surface area (Å²) in [6.45, 7) is 7.95. The van der Waals surface area contributed by atoms with Gasteiger partial charge in [0.05, 0.1) is 6.10 Å². The zero-order chi connectivity index (χ0) is 14.4. The van der Waals surface area contributed by atoms with Crippen LogP contribution in [-0.4, -0.2) is 39.5 Å². The average molecular weight is 268 g/mol. The smallest absolute Gasteiger partial charge is 0.323 e. The summed E-state index contributed by atoms with van der Waals surface area (Å²) >= 11 is 0. The Balaban J connectivity index is 2.95. The molecule has 0 aliphatic carbocycles. The van der Waals surface area contributed by atoms with E-state index in [0.29, 0.717) is 12.5 Å². The largest absolute Gasteiger partial charge is 0.461 e. The van der Waals surface area contributed by atoms with Crippen LogP contribution in [0.5, 0.6) is 6.01 Å². The van der Waals surface area contributed by atoms with Gasteiger partial charge in [-0.2, -0.15) is 15.0 Å². The highest BCUT2D eigenvalue weighted by Gasteiger charge is 2.13. The molecule has 0 fully saturated rings. The number of rotatable bonds is 7. The number of anilines is 2. The predicted molar refractivity (Wildman–Crippen MR) is 72.0 cm³/mol. The van der Waals surface area contributed by atoms with Crippen LogP contribution >= 0.6 is 0 Å². The molecule has 8 heteroatoms. The Labute approximate surface area is 112 Å². The monoisotopic (exact) mass is 268 g/mol. The fourth-order valence-corrected chi connectivity index (χ4v) is 1.19. The molecule has 4 N–H and O–H groups in total. The number of carbonyl (C=O) groups excluding carboxylic acids is 1. The molecule has 8 nitrogen and oxygen atoms in total. The number of carbonyl (C=O) groups is 1. The first kappa shape index (κ1) is 14.9. The number of nitrogens with zero attached hydrogens (tertiary/aromatic N) is 3. The van der Waals surface area contributed by atoms with E-state index in [2.05, 4.69) is 25.6 Å². The third-order valence-corrected chi connectivity index (χ3v) is 2.06. The molecule has 1 rings (SSSR count). The van der Waals surface area contributed by atoms with Crippen LogP contribution < -0.4 is 21.1 Å². The van der Waals surface area contributed by atoms with E-state index >= 15 is 0 Å². The Bertz CT molecular complexity index is 437. The lowest BCUT2D eigenvalue weighted by Crippen LogP contribution is -2.33. The van der Waals surface area contributed by atoms with E-state index in [9.17, 15) is 4.79 Å². The first-order valence-electron chi connectivity index (χ1n) is 6.14. The van der Waals surface area contributed by atoms with Crippen LogP contribution in [0.25, 0.3) is 0 Å². The van der Waals surface area contributed by atoms with Gasteiger partial charge in [-0.3, -0.25) is 4.79 Å². The van der Waals surface area contributed by atoms with E-state index < -0.39 is 11.9 Å². The van der Waals surface area contributed by atoms with Gasteiger partial charge in [0.1, 0.15) is 6.04 Å². The van der Waals surface area contributed by atoms with Crippen molar-refractivity contribution in [3.05, 3.63) is 0 Å². The number of nitrogens with two attached hydrogens (primary N) is 1. The Morgan fingerprint density at radius 1 is 1.26 bits per heavy atom. The maximum absolute atomic E-state index is 11.0. The molecule has 1 atom stereocenters. The molecule has 106 valence electrons. The fourth-order valence-electron chi connectivity index (χ4n) is 1.19. The van der Waals surface area contributed by atoms with Gasteiger partial charge in [0.2, 0.25) is 17.8 Å². The first-order valence-corrected chi connectivity index (χ1v) is 6.14. The summed E-state index contributed by atoms with van der Waals surface area (Å²) in [5, 5.41) is 5.76. The molecule has 0 saturated heterocycles. The normalized spacial score (nSPS) is 12.1. The molecule has 1 heterocycles. The van der Waals surface area contributed by atoms with E-state index in [1.54, 1.807) is 6.92 Å². The van der Waals surface area contributed by atoms with E-state index in [0.717, 1.165) is 0 Å². The van der Waals surface area contributed by atoms with E-state index in [-0.39, 0.29) is 18.1 Å². The van der Waals surface area contributed by atoms with Crippen LogP contribution in [0.15, 0.2) is 0 Å². The topological polar surface area (TPSA) is 115 Å². The van der Waals surface area contributed by atoms with E-state index in [1.165, 1.54) is 0 Å². The molecule has 19 heavy (non-hydrogen) atoms. The third kappa shape index (κ3) is 4.94. The van der Waals surface area contributed by atoms with Crippen molar-refractivity contribution in [2.24, 2.45) is 5.73 Å². The van der Waals surface area contributed by atoms with Gasteiger partial charge in [-0.15, -0.1) is 0 Å². The van der Waals surface area contributed by atoms with Gasteiger partial charge in [0.15, 0.2) is 0 Å². The zero-order valence-corrected chi connectivity index (χ0v) is 11.6. The van der Waals surface area contributed by atoms with Crippen molar-refractivity contribution in [1.82, 2.24) is 15.0 Å². The molecule has 1 amide bonds. The maximum atomic E-state index is 11.0. The minimum Gasteiger partial charge on any atom is -0.461 e. The molecule has 1 unspecified atom stereocenters. The van der Waals surface area contributed by atoms with Gasteiger partial charge in [-0.25, -0.2) is 0 Å². The number of amides is 1. The molecule has 0 bridgehead atoms. The third-order valence-electron chi connectivity index (χ3n) is 2.06. The van der Waals surface area contributed by atoms with Gasteiger partial charge in [-0.1, -0.05) is 0 Å². The second kappa shape index (κ2) is 6.72. The number of hydrogen-bond acceptors (Lipinski definition) is 7. The van der Waals surface area contributed by atoms with Gasteiger partial charge in [-0.05, 0) is 27.7 Å². The minimum absolute atomic E-state index is 0.0571. The van der Waals surface area contributed by atoms with Crippen molar-refractivity contribution >= 4 is 17.8 Å². The summed E-state index contributed by atoms with van der Waals surface area (Å²) in [6.07, 6.45) is -0.0571. The van der Waals surface area contributed by atoms with Gasteiger partial charge in [0.25, 0.3) is 0 Å². The summed E-state index contributed by atoms with van der Waals surface area (Å²) in [4.78, 5) is 23.3. The van der Waals surface area contributed by atoms with Crippen molar-refractivity contribution in [3.63, 3.8) is 0 Å². The molecule has 0 saturated carbocycles. The second-order valence-corrected chi connectivity index (χ2v) is 4.23. The number of primary amides is 1. The molecular formula is C11H20N6O2. The molecular weight excluding hydrogens is 248 g/mol. The van der Waals surface area contributed by atoms with Crippen molar-refractivity contribution < 1.29 is 9.53 Å². The number of ether oxygens (including phenoxy) is 1. The van der Waals surface area contributed by atoms with Crippen LogP contribution in [0.3, 0.4) is 0 Å². The van der Waals surface area contributed by atoms with Crippen molar-refractivity contribution in [1.29, 1.82) is 0 Å². The zero-order valence-electron chi connectivity index (χ0n) is 11.6. The highest BCUT2D eigenvalue weighted by atomic mass is 16.5. The van der Waals surface area contributed by atoms with Crippen LogP contribution in [0.4, 0.5) is 11.9 Å². The predicted octanol–water partition coefficient (Wildman–Crippen LogP) is 0.376. The average Bonchev–Trinajstić information content (AvgIpc) is 2.27. The van der Waals surface area contributed by atoms with Gasteiger partial charge >= 0.3 is 6.01 Å². The van der Waals surface area contributed by atoms with E-state index in [4.69, 9.17) is 10.5 Å². The Morgan fingerprint density at radius 2 is 1.89 bits per heavy atom. The summed E-state index contributed by atoms with van der Waals surface area (Å²) in [5.74, 6) is 0.136. The lowest BCUT2D eigenvalue weighted by Gasteiger charge is -2.13. The Hall–Kier alpha value is -2.12. The summed E-state index contributed by atoms with van der Waals surface area (Å²) in [5.41, 5.74) is 5.18. The number of aromatic nitrogens is 3. The number of nitrogens with one attached hydrogen (secondary N) is 2. The SMILES string of the molecule is CCNc1nc(NC(C)C(N)=O)nc(OC(C)C)n1. The summed E-state index contributed by atoms with van der Waals surface area (Å²) < 4.78 is 5.43. The van der Waals surface area contributed by atoms with Crippen molar-refractivity contribution in [3.8, 4) is 6.01 Å². The molecule has 0 aromatic carbocycles. The quantitative estimate of drug-likeness (QED) is 0.654. The highest BCUT2D eigenvalue weighted by Crippen LogP contribution is 2.13. The van der Waals surface area contributed by atoms with Crippen molar-refractivity contribution in [2.75, 3.05) is 17.2 Å². The van der Waals surface area contributed by atoms with Crippen molar-refractivity contribution in [2.45, 2.75) is 39.8 Å². The Kier molecular flexibility index (Phi) is 5.28. The van der Waals surface area contributed by atoms with Crippen LogP contribution in [0, 0.1) is 0 Å². The van der Waals surface area contributed by atoms with Crippen LogP contribution in [0.1, 0.15) is 27.7 Å². The lowest BCUT2D eigenvalue weighted by molar-refractivity contribution is -0.118. The number of hydrogen-bond donors (Lipinski definition) is 3. The molecule has 0 spiro atoms. The van der Waals surface area contributed by atoms with Crippen LogP contribution in [-0.2, 0) is 4.79 Å². The molecule has 0 radical (unpaired) electrons.